The first-order chi connectivity index (χ1) is 6.25. The van der Waals surface area contributed by atoms with Gasteiger partial charge < -0.3 is 10.5 Å². The molecule has 0 bridgehead atoms. The zero-order valence-corrected chi connectivity index (χ0v) is 10.0. The molecule has 1 rings (SSSR count). The van der Waals surface area contributed by atoms with Crippen LogP contribution < -0.4 is 5.73 Å². The van der Waals surface area contributed by atoms with Gasteiger partial charge in [0.05, 0.1) is 0 Å². The lowest BCUT2D eigenvalue weighted by Crippen LogP contribution is -2.12. The van der Waals surface area contributed by atoms with Crippen LogP contribution in [0.1, 0.15) is 24.3 Å². The molecule has 0 saturated carbocycles. The van der Waals surface area contributed by atoms with Crippen molar-refractivity contribution >= 4 is 27.3 Å². The molecule has 0 spiro atoms. The fraction of sp³-hybridized carbons (Fsp3) is 0.556. The van der Waals surface area contributed by atoms with E-state index < -0.39 is 0 Å². The molecule has 1 aromatic rings. The van der Waals surface area contributed by atoms with Crippen LogP contribution in [0.4, 0.5) is 0 Å². The van der Waals surface area contributed by atoms with E-state index in [2.05, 4.69) is 15.9 Å². The van der Waals surface area contributed by atoms with E-state index in [0.717, 1.165) is 24.1 Å². The zero-order chi connectivity index (χ0) is 9.68. The minimum absolute atomic E-state index is 0.0981. The van der Waals surface area contributed by atoms with Gasteiger partial charge in [0.2, 0.25) is 0 Å². The number of ether oxygens (including phenoxy) is 1. The normalized spacial score (nSPS) is 13.2. The average molecular weight is 264 g/mol. The van der Waals surface area contributed by atoms with Crippen LogP contribution in [0.5, 0.6) is 0 Å². The summed E-state index contributed by atoms with van der Waals surface area (Å²) in [6, 6.07) is 2.13. The van der Waals surface area contributed by atoms with Gasteiger partial charge in [0.1, 0.15) is 0 Å². The van der Waals surface area contributed by atoms with Gasteiger partial charge in [0.25, 0.3) is 0 Å². The minimum atomic E-state index is 0.0981. The first-order valence-electron chi connectivity index (χ1n) is 4.32. The molecule has 1 unspecified atom stereocenters. The van der Waals surface area contributed by atoms with Gasteiger partial charge in [-0.2, -0.15) is 0 Å². The molecule has 0 saturated heterocycles. The van der Waals surface area contributed by atoms with E-state index in [9.17, 15) is 0 Å². The fourth-order valence-electron chi connectivity index (χ4n) is 1.06. The summed E-state index contributed by atoms with van der Waals surface area (Å²) < 4.78 is 6.36. The maximum absolute atomic E-state index is 5.98. The van der Waals surface area contributed by atoms with Crippen molar-refractivity contribution in [1.29, 1.82) is 0 Å². The molecule has 0 aliphatic rings. The Hall–Kier alpha value is 0.100. The lowest BCUT2D eigenvalue weighted by Gasteiger charge is -2.09. The number of nitrogens with two attached hydrogens (primary N) is 1. The van der Waals surface area contributed by atoms with E-state index in [-0.39, 0.29) is 6.04 Å². The van der Waals surface area contributed by atoms with Crippen LogP contribution in [0, 0.1) is 0 Å². The number of hydrogen-bond donors (Lipinski definition) is 1. The van der Waals surface area contributed by atoms with Crippen LogP contribution in [0.15, 0.2) is 15.9 Å². The lowest BCUT2D eigenvalue weighted by atomic mass is 10.2. The molecular formula is C9H14BrNOS. The third kappa shape index (κ3) is 3.38. The lowest BCUT2D eigenvalue weighted by molar-refractivity contribution is 0.140. The standard InChI is InChI=1S/C9H14BrNOS/c1-2-12-5-3-8(11)9-7(10)4-6-13-9/h4,6,8H,2-3,5,11H2,1H3. The SMILES string of the molecule is CCOCCC(N)c1sccc1Br. The van der Waals surface area contributed by atoms with Gasteiger partial charge in [-0.25, -0.2) is 0 Å². The van der Waals surface area contributed by atoms with Gasteiger partial charge in [-0.3, -0.25) is 0 Å². The first kappa shape index (κ1) is 11.2. The Morgan fingerprint density at radius 3 is 3.00 bits per heavy atom. The van der Waals surface area contributed by atoms with Gasteiger partial charge in [-0.05, 0) is 40.7 Å². The summed E-state index contributed by atoms with van der Waals surface area (Å²) in [7, 11) is 0. The van der Waals surface area contributed by atoms with Crippen LogP contribution in [0.25, 0.3) is 0 Å². The second-order valence-corrected chi connectivity index (χ2v) is 4.53. The molecule has 0 aromatic carbocycles. The van der Waals surface area contributed by atoms with Crippen molar-refractivity contribution in [3.05, 3.63) is 20.8 Å². The summed E-state index contributed by atoms with van der Waals surface area (Å²) in [5, 5.41) is 2.04. The van der Waals surface area contributed by atoms with Gasteiger partial charge in [0, 0.05) is 28.6 Å². The Morgan fingerprint density at radius 1 is 1.69 bits per heavy atom. The van der Waals surface area contributed by atoms with Crippen LogP contribution >= 0.6 is 27.3 Å². The van der Waals surface area contributed by atoms with E-state index in [4.69, 9.17) is 10.5 Å². The predicted molar refractivity (Wildman–Crippen MR) is 60.1 cm³/mol. The van der Waals surface area contributed by atoms with E-state index in [1.807, 2.05) is 18.4 Å². The molecule has 13 heavy (non-hydrogen) atoms. The van der Waals surface area contributed by atoms with Crippen LogP contribution in [0.2, 0.25) is 0 Å². The van der Waals surface area contributed by atoms with E-state index >= 15 is 0 Å². The number of thiophene rings is 1. The van der Waals surface area contributed by atoms with Gasteiger partial charge in [-0.15, -0.1) is 11.3 Å². The molecule has 2 nitrogen and oxygen atoms in total. The molecule has 4 heteroatoms. The maximum Gasteiger partial charge on any atom is 0.0484 e. The summed E-state index contributed by atoms with van der Waals surface area (Å²) in [6.45, 7) is 3.49. The van der Waals surface area contributed by atoms with Crippen molar-refractivity contribution in [3.8, 4) is 0 Å². The quantitative estimate of drug-likeness (QED) is 0.830. The molecular weight excluding hydrogens is 250 g/mol. The molecule has 0 radical (unpaired) electrons. The number of halogens is 1. The van der Waals surface area contributed by atoms with E-state index in [1.165, 1.54) is 4.88 Å². The largest absolute Gasteiger partial charge is 0.382 e. The van der Waals surface area contributed by atoms with Crippen molar-refractivity contribution < 1.29 is 4.74 Å². The summed E-state index contributed by atoms with van der Waals surface area (Å²) in [5.74, 6) is 0. The topological polar surface area (TPSA) is 35.2 Å². The molecule has 0 amide bonds. The van der Waals surface area contributed by atoms with Crippen molar-refractivity contribution in [2.24, 2.45) is 5.73 Å². The second kappa shape index (κ2) is 5.75. The highest BCUT2D eigenvalue weighted by molar-refractivity contribution is 9.10. The predicted octanol–water partition coefficient (Wildman–Crippen LogP) is 2.94. The Balaban J connectivity index is 2.39. The monoisotopic (exact) mass is 263 g/mol. The highest BCUT2D eigenvalue weighted by Gasteiger charge is 2.10. The smallest absolute Gasteiger partial charge is 0.0484 e. The van der Waals surface area contributed by atoms with E-state index in [1.54, 1.807) is 11.3 Å². The Morgan fingerprint density at radius 2 is 2.46 bits per heavy atom. The van der Waals surface area contributed by atoms with Crippen molar-refractivity contribution in [2.45, 2.75) is 19.4 Å². The Kier molecular flexibility index (Phi) is 4.94. The molecule has 2 N–H and O–H groups in total. The van der Waals surface area contributed by atoms with Gasteiger partial charge in [-0.1, -0.05) is 0 Å². The third-order valence-corrected chi connectivity index (χ3v) is 3.76. The van der Waals surface area contributed by atoms with Crippen molar-refractivity contribution in [3.63, 3.8) is 0 Å². The Labute approximate surface area is 91.2 Å². The molecule has 1 atom stereocenters. The summed E-state index contributed by atoms with van der Waals surface area (Å²) >= 11 is 5.15. The fourth-order valence-corrected chi connectivity index (χ4v) is 2.76. The Bertz CT molecular complexity index is 252. The molecule has 0 fully saturated rings. The van der Waals surface area contributed by atoms with Crippen molar-refractivity contribution in [2.75, 3.05) is 13.2 Å². The van der Waals surface area contributed by atoms with Crippen LogP contribution in [-0.4, -0.2) is 13.2 Å². The summed E-state index contributed by atoms with van der Waals surface area (Å²) in [5.41, 5.74) is 5.98. The number of hydrogen-bond acceptors (Lipinski definition) is 3. The zero-order valence-electron chi connectivity index (χ0n) is 7.63. The molecule has 1 aromatic heterocycles. The number of rotatable bonds is 5. The molecule has 0 aliphatic heterocycles. The van der Waals surface area contributed by atoms with Crippen molar-refractivity contribution in [1.82, 2.24) is 0 Å². The highest BCUT2D eigenvalue weighted by atomic mass is 79.9. The van der Waals surface area contributed by atoms with Gasteiger partial charge in [0.15, 0.2) is 0 Å². The highest BCUT2D eigenvalue weighted by Crippen LogP contribution is 2.29. The third-order valence-electron chi connectivity index (χ3n) is 1.76. The first-order valence-corrected chi connectivity index (χ1v) is 5.99. The average Bonchev–Trinajstić information content (AvgIpc) is 2.52. The minimum Gasteiger partial charge on any atom is -0.382 e. The van der Waals surface area contributed by atoms with E-state index in [0.29, 0.717) is 0 Å². The molecule has 0 aliphatic carbocycles. The molecule has 74 valence electrons. The summed E-state index contributed by atoms with van der Waals surface area (Å²) in [6.07, 6.45) is 0.882. The van der Waals surface area contributed by atoms with Crippen LogP contribution in [0.3, 0.4) is 0 Å². The summed E-state index contributed by atoms with van der Waals surface area (Å²) in [4.78, 5) is 1.21. The second-order valence-electron chi connectivity index (χ2n) is 2.72. The van der Waals surface area contributed by atoms with Crippen LogP contribution in [-0.2, 0) is 4.74 Å². The maximum atomic E-state index is 5.98. The molecule has 1 heterocycles. The van der Waals surface area contributed by atoms with Gasteiger partial charge >= 0.3 is 0 Å².